The molecule has 0 saturated heterocycles. The van der Waals surface area contributed by atoms with Crippen molar-refractivity contribution in [1.29, 1.82) is 5.26 Å². The van der Waals surface area contributed by atoms with E-state index in [1.807, 2.05) is 12.1 Å². The fourth-order valence-electron chi connectivity index (χ4n) is 1.92. The Balaban J connectivity index is 2.14. The average Bonchev–Trinajstić information content (AvgIpc) is 2.96. The zero-order valence-electron chi connectivity index (χ0n) is 11.8. The number of nitriles is 1. The van der Waals surface area contributed by atoms with Crippen molar-refractivity contribution in [2.75, 3.05) is 13.6 Å². The molecule has 1 heterocycles. The minimum absolute atomic E-state index is 0.155. The molecule has 0 radical (unpaired) electrons. The van der Waals surface area contributed by atoms with E-state index in [1.165, 1.54) is 11.1 Å². The van der Waals surface area contributed by atoms with Crippen LogP contribution in [0.5, 0.6) is 0 Å². The molecule has 21 heavy (non-hydrogen) atoms. The van der Waals surface area contributed by atoms with Gasteiger partial charge in [0.05, 0.1) is 29.4 Å². The molecule has 0 aliphatic heterocycles. The summed E-state index contributed by atoms with van der Waals surface area (Å²) in [6.07, 6.45) is 3.18. The van der Waals surface area contributed by atoms with E-state index in [4.69, 9.17) is 16.9 Å². The van der Waals surface area contributed by atoms with Gasteiger partial charge in [-0.15, -0.1) is 0 Å². The highest BCUT2D eigenvalue weighted by Crippen LogP contribution is 2.14. The molecule has 108 valence electrons. The van der Waals surface area contributed by atoms with E-state index in [9.17, 15) is 4.79 Å². The second-order valence-corrected chi connectivity index (χ2v) is 5.30. The quantitative estimate of drug-likeness (QED) is 0.872. The number of amides is 1. The van der Waals surface area contributed by atoms with Crippen LogP contribution in [-0.4, -0.2) is 34.2 Å². The Hall–Kier alpha value is -2.32. The SMILES string of the molecule is C[C@H](C#N)CN(C)C(=O)c1cnn(-c2ccc(Cl)cc2)c1. The molecule has 0 aliphatic rings. The molecule has 2 rings (SSSR count). The third-order valence-electron chi connectivity index (χ3n) is 3.04. The third-order valence-corrected chi connectivity index (χ3v) is 3.29. The summed E-state index contributed by atoms with van der Waals surface area (Å²) in [6, 6.07) is 9.29. The first-order valence-corrected chi connectivity index (χ1v) is 6.84. The summed E-state index contributed by atoms with van der Waals surface area (Å²) in [5.74, 6) is -0.359. The summed E-state index contributed by atoms with van der Waals surface area (Å²) in [5.41, 5.74) is 1.31. The molecule has 0 N–H and O–H groups in total. The molecule has 0 bridgehead atoms. The monoisotopic (exact) mass is 302 g/mol. The molecular formula is C15H15ClN4O. The van der Waals surface area contributed by atoms with Gasteiger partial charge in [0, 0.05) is 24.8 Å². The number of benzene rings is 1. The van der Waals surface area contributed by atoms with Gasteiger partial charge >= 0.3 is 0 Å². The Morgan fingerprint density at radius 3 is 2.76 bits per heavy atom. The average molecular weight is 303 g/mol. The lowest BCUT2D eigenvalue weighted by Crippen LogP contribution is -2.30. The lowest BCUT2D eigenvalue weighted by atomic mass is 10.2. The standard InChI is InChI=1S/C15H15ClN4O/c1-11(7-17)9-19(2)15(21)12-8-18-20(10-12)14-5-3-13(16)4-6-14/h3-6,8,10-11H,9H2,1-2H3/t11-/m1/s1. The fourth-order valence-corrected chi connectivity index (χ4v) is 2.05. The molecule has 0 saturated carbocycles. The molecular weight excluding hydrogens is 288 g/mol. The normalized spacial score (nSPS) is 11.7. The zero-order valence-corrected chi connectivity index (χ0v) is 12.6. The van der Waals surface area contributed by atoms with Crippen molar-refractivity contribution >= 4 is 17.5 Å². The van der Waals surface area contributed by atoms with Crippen molar-refractivity contribution in [2.24, 2.45) is 5.92 Å². The van der Waals surface area contributed by atoms with Gasteiger partial charge in [0.25, 0.3) is 5.91 Å². The smallest absolute Gasteiger partial charge is 0.256 e. The van der Waals surface area contributed by atoms with Crippen molar-refractivity contribution in [2.45, 2.75) is 6.92 Å². The van der Waals surface area contributed by atoms with Crippen LogP contribution in [0.1, 0.15) is 17.3 Å². The maximum absolute atomic E-state index is 12.2. The summed E-state index contributed by atoms with van der Waals surface area (Å²) in [6.45, 7) is 2.17. The number of hydrogen-bond donors (Lipinski definition) is 0. The Morgan fingerprint density at radius 1 is 1.48 bits per heavy atom. The second-order valence-electron chi connectivity index (χ2n) is 4.87. The van der Waals surface area contributed by atoms with Gasteiger partial charge in [-0.05, 0) is 31.2 Å². The van der Waals surface area contributed by atoms with Gasteiger partial charge in [-0.2, -0.15) is 10.4 Å². The molecule has 1 aromatic carbocycles. The van der Waals surface area contributed by atoms with E-state index in [0.29, 0.717) is 17.1 Å². The predicted molar refractivity (Wildman–Crippen MR) is 80.3 cm³/mol. The molecule has 0 unspecified atom stereocenters. The van der Waals surface area contributed by atoms with Crippen LogP contribution in [0.25, 0.3) is 5.69 Å². The maximum Gasteiger partial charge on any atom is 0.256 e. The zero-order chi connectivity index (χ0) is 15.4. The lowest BCUT2D eigenvalue weighted by Gasteiger charge is -2.17. The van der Waals surface area contributed by atoms with Crippen LogP contribution < -0.4 is 0 Å². The molecule has 5 nitrogen and oxygen atoms in total. The highest BCUT2D eigenvalue weighted by Gasteiger charge is 2.16. The number of carbonyl (C=O) groups is 1. The summed E-state index contributed by atoms with van der Waals surface area (Å²) in [4.78, 5) is 13.8. The van der Waals surface area contributed by atoms with Gasteiger partial charge in [-0.25, -0.2) is 4.68 Å². The van der Waals surface area contributed by atoms with Gasteiger partial charge in [0.15, 0.2) is 0 Å². The van der Waals surface area contributed by atoms with Crippen LogP contribution in [0.4, 0.5) is 0 Å². The Labute approximate surface area is 128 Å². The maximum atomic E-state index is 12.2. The van der Waals surface area contributed by atoms with Crippen LogP contribution in [-0.2, 0) is 0 Å². The third kappa shape index (κ3) is 3.61. The second kappa shape index (κ2) is 6.42. The van der Waals surface area contributed by atoms with Crippen molar-refractivity contribution in [1.82, 2.24) is 14.7 Å². The lowest BCUT2D eigenvalue weighted by molar-refractivity contribution is 0.0785. The molecule has 6 heteroatoms. The minimum Gasteiger partial charge on any atom is -0.340 e. The first kappa shape index (κ1) is 15.1. The van der Waals surface area contributed by atoms with E-state index in [-0.39, 0.29) is 11.8 Å². The summed E-state index contributed by atoms with van der Waals surface area (Å²) < 4.78 is 1.62. The molecule has 2 aromatic rings. The van der Waals surface area contributed by atoms with E-state index < -0.39 is 0 Å². The Morgan fingerprint density at radius 2 is 2.14 bits per heavy atom. The van der Waals surface area contributed by atoms with Crippen LogP contribution in [0.2, 0.25) is 5.02 Å². The molecule has 1 aromatic heterocycles. The number of hydrogen-bond acceptors (Lipinski definition) is 3. The predicted octanol–water partition coefficient (Wildman–Crippen LogP) is 2.76. The molecule has 0 fully saturated rings. The van der Waals surface area contributed by atoms with Crippen molar-refractivity contribution in [3.8, 4) is 11.8 Å². The van der Waals surface area contributed by atoms with Crippen molar-refractivity contribution < 1.29 is 4.79 Å². The summed E-state index contributed by atoms with van der Waals surface area (Å²) in [7, 11) is 1.68. The highest BCUT2D eigenvalue weighted by atomic mass is 35.5. The number of aromatic nitrogens is 2. The molecule has 1 amide bonds. The first-order chi connectivity index (χ1) is 10.0. The van der Waals surface area contributed by atoms with Crippen LogP contribution in [0.3, 0.4) is 0 Å². The van der Waals surface area contributed by atoms with Crippen LogP contribution >= 0.6 is 11.6 Å². The number of carbonyl (C=O) groups excluding carboxylic acids is 1. The summed E-state index contributed by atoms with van der Waals surface area (Å²) in [5, 5.41) is 13.6. The fraction of sp³-hybridized carbons (Fsp3) is 0.267. The van der Waals surface area contributed by atoms with E-state index >= 15 is 0 Å². The van der Waals surface area contributed by atoms with Gasteiger partial charge < -0.3 is 4.90 Å². The topological polar surface area (TPSA) is 61.9 Å². The van der Waals surface area contributed by atoms with Gasteiger partial charge in [-0.3, -0.25) is 4.79 Å². The Bertz CT molecular complexity index is 672. The van der Waals surface area contributed by atoms with E-state index in [0.717, 1.165) is 5.69 Å². The largest absolute Gasteiger partial charge is 0.340 e. The van der Waals surface area contributed by atoms with Crippen molar-refractivity contribution in [3.63, 3.8) is 0 Å². The number of halogens is 1. The summed E-state index contributed by atoms with van der Waals surface area (Å²) >= 11 is 5.84. The number of rotatable bonds is 4. The highest BCUT2D eigenvalue weighted by molar-refractivity contribution is 6.30. The van der Waals surface area contributed by atoms with Gasteiger partial charge in [-0.1, -0.05) is 11.6 Å². The number of nitrogens with zero attached hydrogens (tertiary/aromatic N) is 4. The van der Waals surface area contributed by atoms with E-state index in [1.54, 1.807) is 37.0 Å². The minimum atomic E-state index is -0.203. The Kier molecular flexibility index (Phi) is 4.61. The first-order valence-electron chi connectivity index (χ1n) is 6.47. The molecule has 0 aliphatic carbocycles. The van der Waals surface area contributed by atoms with E-state index in [2.05, 4.69) is 11.2 Å². The van der Waals surface area contributed by atoms with Crippen LogP contribution in [0, 0.1) is 17.2 Å². The molecule has 0 spiro atoms. The molecule has 1 atom stereocenters. The van der Waals surface area contributed by atoms with Crippen molar-refractivity contribution in [3.05, 3.63) is 47.2 Å². The van der Waals surface area contributed by atoms with Gasteiger partial charge in [0.1, 0.15) is 0 Å². The van der Waals surface area contributed by atoms with Gasteiger partial charge in [0.2, 0.25) is 0 Å². The van der Waals surface area contributed by atoms with Crippen LogP contribution in [0.15, 0.2) is 36.7 Å².